The number of nitrogens with zero attached hydrogens (tertiary/aromatic N) is 7. The first kappa shape index (κ1) is 56.8. The first-order valence-corrected chi connectivity index (χ1v) is 30.9. The van der Waals surface area contributed by atoms with E-state index >= 15 is 0 Å². The third-order valence-corrected chi connectivity index (χ3v) is 18.9. The molecule has 1 aliphatic heterocycles. The van der Waals surface area contributed by atoms with Crippen molar-refractivity contribution in [1.29, 1.82) is 0 Å². The Morgan fingerprint density at radius 2 is 1.46 bits per heavy atom. The van der Waals surface area contributed by atoms with Gasteiger partial charge in [-0.15, -0.1) is 68.0 Å². The largest absolute Gasteiger partial charge is 0.386 e. The molecule has 0 spiro atoms. The van der Waals surface area contributed by atoms with Crippen molar-refractivity contribution in [3.8, 4) is 43.4 Å². The van der Waals surface area contributed by atoms with Crippen molar-refractivity contribution in [3.63, 3.8) is 0 Å². The van der Waals surface area contributed by atoms with Gasteiger partial charge in [0.05, 0.1) is 48.0 Å². The van der Waals surface area contributed by atoms with Gasteiger partial charge in [0.25, 0.3) is 17.7 Å². The average Bonchev–Trinajstić information content (AvgIpc) is 4.41. The Balaban J connectivity index is 1.13. The van der Waals surface area contributed by atoms with Crippen LogP contribution < -0.4 is 37.0 Å². The summed E-state index contributed by atoms with van der Waals surface area (Å²) in [5.74, 6) is -3.38. The Labute approximate surface area is 476 Å². The average molecular weight is 1200 g/mol. The minimum Gasteiger partial charge on any atom is -0.386 e. The molecule has 0 saturated carbocycles. The second-order valence-electron chi connectivity index (χ2n) is 17.9. The Kier molecular flexibility index (Phi) is 17.7. The van der Waals surface area contributed by atoms with E-state index in [4.69, 9.17) is 30.4 Å². The molecule has 412 valence electrons. The normalized spacial score (nSPS) is 16.8. The zero-order valence-electron chi connectivity index (χ0n) is 42.6. The SMILES string of the molecule is CNC(=O)C[C@@H]1NC(=O)c2csc(n2)-c2ccc(-c3nc(NS(=O)(=O)CCN)cs3)nc2-c2csc(n2)-c2csc(n2)[C@H]([C@@H](O)c2ccccc2)NC(=O)CNC(=O)c2nc(sc2COC)C(C(C)C)NC(=O)c2nc1sc2C. The number of hydrogen-bond acceptors (Lipinski definition) is 23. The molecule has 1 unspecified atom stereocenters. The maximum Gasteiger partial charge on any atom is 0.271 e. The van der Waals surface area contributed by atoms with Crippen molar-refractivity contribution in [2.24, 2.45) is 11.7 Å². The first-order chi connectivity index (χ1) is 37.9. The molecular formula is C49H50N14O9S7. The van der Waals surface area contributed by atoms with Gasteiger partial charge in [-0.3, -0.25) is 28.7 Å². The van der Waals surface area contributed by atoms with Crippen LogP contribution in [0.1, 0.15) is 106 Å². The van der Waals surface area contributed by atoms with Crippen molar-refractivity contribution in [2.75, 3.05) is 37.7 Å². The molecule has 1 aromatic carbocycles. The molecule has 0 saturated heterocycles. The van der Waals surface area contributed by atoms with Gasteiger partial charge in [-0.1, -0.05) is 44.2 Å². The monoisotopic (exact) mass is 1200 g/mol. The Hall–Kier alpha value is -6.87. The van der Waals surface area contributed by atoms with Gasteiger partial charge in [0, 0.05) is 52.7 Å². The fourth-order valence-corrected chi connectivity index (χ4v) is 14.4. The number of methoxy groups -OCH3 is 1. The highest BCUT2D eigenvalue weighted by molar-refractivity contribution is 7.92. The van der Waals surface area contributed by atoms with Gasteiger partial charge in [-0.05, 0) is 30.5 Å². The number of anilines is 1. The summed E-state index contributed by atoms with van der Waals surface area (Å²) < 4.78 is 33.0. The Bertz CT molecular complexity index is 3660. The smallest absolute Gasteiger partial charge is 0.271 e. The lowest BCUT2D eigenvalue weighted by molar-refractivity contribution is -0.122. The van der Waals surface area contributed by atoms with Crippen molar-refractivity contribution in [3.05, 3.63) is 111 Å². The van der Waals surface area contributed by atoms with Crippen molar-refractivity contribution in [2.45, 2.75) is 58.0 Å². The summed E-state index contributed by atoms with van der Waals surface area (Å²) in [6.45, 7) is 4.86. The molecule has 9 N–H and O–H groups in total. The fourth-order valence-electron chi connectivity index (χ4n) is 8.00. The highest BCUT2D eigenvalue weighted by atomic mass is 32.2. The Morgan fingerprint density at radius 3 is 2.20 bits per heavy atom. The molecule has 79 heavy (non-hydrogen) atoms. The molecule has 9 rings (SSSR count). The summed E-state index contributed by atoms with van der Waals surface area (Å²) >= 11 is 7.04. The Morgan fingerprint density at radius 1 is 0.747 bits per heavy atom. The van der Waals surface area contributed by atoms with Crippen LogP contribution in [0, 0.1) is 12.8 Å². The third-order valence-electron chi connectivity index (χ3n) is 11.9. The number of aliphatic hydroxyl groups excluding tert-OH is 1. The van der Waals surface area contributed by atoms with Crippen molar-refractivity contribution < 1.29 is 42.2 Å². The number of aromatic nitrogens is 7. The van der Waals surface area contributed by atoms with E-state index in [1.54, 1.807) is 70.9 Å². The molecule has 7 aromatic heterocycles. The predicted octanol–water partition coefficient (Wildman–Crippen LogP) is 6.01. The van der Waals surface area contributed by atoms with E-state index in [1.165, 1.54) is 48.2 Å². The topological polar surface area (TPSA) is 337 Å². The molecule has 0 radical (unpaired) electrons. The zero-order chi connectivity index (χ0) is 56.1. The molecule has 5 amide bonds. The van der Waals surface area contributed by atoms with E-state index < -0.39 is 70.3 Å². The molecule has 8 heterocycles. The van der Waals surface area contributed by atoms with Gasteiger partial charge in [0.2, 0.25) is 21.8 Å². The van der Waals surface area contributed by atoms with Crippen LogP contribution >= 0.6 is 68.0 Å². The zero-order valence-corrected chi connectivity index (χ0v) is 48.3. The molecule has 0 aliphatic carbocycles. The summed E-state index contributed by atoms with van der Waals surface area (Å²) in [6, 6.07) is 9.37. The van der Waals surface area contributed by atoms with Crippen LogP contribution in [0.3, 0.4) is 0 Å². The molecule has 10 bridgehead atoms. The summed E-state index contributed by atoms with van der Waals surface area (Å²) in [5, 5.41) is 34.7. The number of fused-ring (bicyclic) bond motifs is 14. The van der Waals surface area contributed by atoms with Crippen LogP contribution in [0.25, 0.3) is 43.4 Å². The van der Waals surface area contributed by atoms with E-state index in [9.17, 15) is 37.5 Å². The lowest BCUT2D eigenvalue weighted by Crippen LogP contribution is -2.40. The van der Waals surface area contributed by atoms with E-state index in [1.807, 2.05) is 13.8 Å². The molecule has 30 heteroatoms. The number of benzene rings is 1. The minimum absolute atomic E-state index is 0.000405. The van der Waals surface area contributed by atoms with E-state index in [-0.39, 0.29) is 59.2 Å². The molecule has 1 aliphatic rings. The number of carbonyl (C=O) groups excluding carboxylic acids is 5. The first-order valence-electron chi connectivity index (χ1n) is 24.1. The number of rotatable bonds is 12. The number of ether oxygens (including phenoxy) is 1. The summed E-state index contributed by atoms with van der Waals surface area (Å²) in [7, 11) is -0.829. The van der Waals surface area contributed by atoms with Crippen LogP contribution in [0.2, 0.25) is 0 Å². The second-order valence-corrected chi connectivity index (χ2v) is 25.5. The van der Waals surface area contributed by atoms with Crippen LogP contribution in [0.15, 0.2) is 64.0 Å². The summed E-state index contributed by atoms with van der Waals surface area (Å²) in [6.07, 6.45) is -1.50. The standard InChI is InChI=1S/C49H50N14O9S7/c1-22(2)35-49-62-38(31(78-49)17-72-5)42(68)52-16-34(65)59-39(40(66)24-9-7-6-8-10-24)48-57-30(20-75-48)46-55-28(18-74-46)37-25(11-12-26(53-37)45-58-32(21-76-45)63-79(70,71)14-13-50)44-56-29(19-73-44)41(67)54-27(15-33(64)51-4)47-61-36(23(3)77-47)43(69)60-35/h6-12,18-22,27,35,39-40,63,66H,13-17,50H2,1-5H3,(H,51,64)(H,52,68)(H,54,67)(H,59,65)(H,60,69)/t27-,35?,39-,40-/m0/s1. The minimum atomic E-state index is -3.76. The van der Waals surface area contributed by atoms with Crippen LogP contribution in [-0.4, -0.2) is 111 Å². The fraction of sp³-hybridized carbons (Fsp3) is 0.306. The lowest BCUT2D eigenvalue weighted by atomic mass is 10.0. The number of nitrogens with two attached hydrogens (primary N) is 1. The number of thiazole rings is 6. The van der Waals surface area contributed by atoms with Gasteiger partial charge in [0.15, 0.2) is 5.82 Å². The number of nitrogens with one attached hydrogen (secondary N) is 6. The molecule has 0 fully saturated rings. The molecule has 8 aromatic rings. The van der Waals surface area contributed by atoms with Crippen LogP contribution in [-0.2, 0) is 31.0 Å². The number of sulfonamides is 1. The molecular weight excluding hydrogens is 1150 g/mol. The van der Waals surface area contributed by atoms with E-state index in [0.717, 1.165) is 34.0 Å². The number of amides is 5. The molecule has 23 nitrogen and oxygen atoms in total. The lowest BCUT2D eigenvalue weighted by Gasteiger charge is -2.23. The quantitative estimate of drug-likeness (QED) is 0.0694. The number of aryl methyl sites for hydroxylation is 1. The molecule has 4 atom stereocenters. The van der Waals surface area contributed by atoms with Gasteiger partial charge in [-0.2, -0.15) is 0 Å². The predicted molar refractivity (Wildman–Crippen MR) is 303 cm³/mol. The van der Waals surface area contributed by atoms with E-state index in [2.05, 4.69) is 46.3 Å². The van der Waals surface area contributed by atoms with Gasteiger partial charge < -0.3 is 42.2 Å². The van der Waals surface area contributed by atoms with Crippen molar-refractivity contribution >= 4 is 113 Å². The number of aliphatic hydroxyl groups is 1. The highest BCUT2D eigenvalue weighted by Crippen LogP contribution is 2.40. The van der Waals surface area contributed by atoms with Gasteiger partial charge in [0.1, 0.15) is 76.4 Å². The summed E-state index contributed by atoms with van der Waals surface area (Å²) in [5.41, 5.74) is 8.05. The van der Waals surface area contributed by atoms with Crippen molar-refractivity contribution in [1.82, 2.24) is 61.5 Å². The number of hydrogen-bond donors (Lipinski definition) is 8. The summed E-state index contributed by atoms with van der Waals surface area (Å²) in [4.78, 5) is 104. The number of pyridine rings is 1. The van der Waals surface area contributed by atoms with Gasteiger partial charge >= 0.3 is 0 Å². The third kappa shape index (κ3) is 13.1. The number of carbonyl (C=O) groups is 5. The maximum absolute atomic E-state index is 14.2. The maximum atomic E-state index is 14.2. The van der Waals surface area contributed by atoms with Gasteiger partial charge in [-0.25, -0.2) is 43.3 Å². The van der Waals surface area contributed by atoms with Crippen LogP contribution in [0.4, 0.5) is 5.82 Å². The second kappa shape index (κ2) is 24.7. The van der Waals surface area contributed by atoms with Crippen LogP contribution in [0.5, 0.6) is 0 Å². The van der Waals surface area contributed by atoms with E-state index in [0.29, 0.717) is 68.7 Å². The highest BCUT2D eigenvalue weighted by Gasteiger charge is 2.33.